The molecule has 0 radical (unpaired) electrons. The summed E-state index contributed by atoms with van der Waals surface area (Å²) >= 11 is 6.07. The highest BCUT2D eigenvalue weighted by Gasteiger charge is 2.24. The van der Waals surface area contributed by atoms with E-state index in [4.69, 9.17) is 21.1 Å². The largest absolute Gasteiger partial charge is 0.457 e. The zero-order valence-corrected chi connectivity index (χ0v) is 16.7. The number of furan rings is 1. The highest BCUT2D eigenvalue weighted by Crippen LogP contribution is 2.35. The summed E-state index contributed by atoms with van der Waals surface area (Å²) in [5.41, 5.74) is 3.16. The molecule has 0 atom stereocenters. The van der Waals surface area contributed by atoms with Crippen LogP contribution in [-0.4, -0.2) is 30.1 Å². The van der Waals surface area contributed by atoms with Crippen LogP contribution in [0.25, 0.3) is 23.0 Å². The lowest BCUT2D eigenvalue weighted by Crippen LogP contribution is -2.24. The van der Waals surface area contributed by atoms with Gasteiger partial charge in [-0.3, -0.25) is 9.59 Å². The molecular weight excluding hydrogens is 404 g/mol. The molecule has 1 aliphatic heterocycles. The molecule has 0 spiro atoms. The smallest absolute Gasteiger partial charge is 0.256 e. The van der Waals surface area contributed by atoms with Crippen molar-refractivity contribution in [2.45, 2.75) is 6.42 Å². The van der Waals surface area contributed by atoms with E-state index in [-0.39, 0.29) is 18.4 Å². The number of carbonyl (C=O) groups excluding carboxylic acids is 2. The van der Waals surface area contributed by atoms with Gasteiger partial charge in [-0.15, -0.1) is 0 Å². The minimum Gasteiger partial charge on any atom is -0.457 e. The summed E-state index contributed by atoms with van der Waals surface area (Å²) in [7, 11) is 0. The fourth-order valence-corrected chi connectivity index (χ4v) is 3.40. The Morgan fingerprint density at radius 2 is 2.03 bits per heavy atom. The van der Waals surface area contributed by atoms with Gasteiger partial charge in [0.1, 0.15) is 11.5 Å². The number of aliphatic hydroxyl groups is 1. The van der Waals surface area contributed by atoms with Crippen LogP contribution in [0.4, 0.5) is 5.69 Å². The minimum atomic E-state index is -0.216. The van der Waals surface area contributed by atoms with E-state index in [2.05, 4.69) is 10.6 Å². The van der Waals surface area contributed by atoms with Crippen molar-refractivity contribution in [3.05, 3.63) is 76.5 Å². The van der Waals surface area contributed by atoms with Gasteiger partial charge in [0.05, 0.1) is 5.57 Å². The molecule has 0 unspecified atom stereocenters. The Labute approximate surface area is 178 Å². The fourth-order valence-electron chi connectivity index (χ4n) is 3.23. The van der Waals surface area contributed by atoms with Crippen LogP contribution < -0.4 is 10.6 Å². The Bertz CT molecular complexity index is 1150. The Morgan fingerprint density at radius 3 is 2.87 bits per heavy atom. The van der Waals surface area contributed by atoms with Gasteiger partial charge in [-0.2, -0.15) is 0 Å². The van der Waals surface area contributed by atoms with Gasteiger partial charge >= 0.3 is 0 Å². The van der Waals surface area contributed by atoms with Gasteiger partial charge in [-0.05, 0) is 55.0 Å². The minimum absolute atomic E-state index is 0.0275. The van der Waals surface area contributed by atoms with Crippen molar-refractivity contribution in [3.8, 4) is 11.3 Å². The first-order valence-electron chi connectivity index (χ1n) is 9.47. The third kappa shape index (κ3) is 4.15. The van der Waals surface area contributed by atoms with Crippen LogP contribution in [0.1, 0.15) is 28.1 Å². The Morgan fingerprint density at radius 1 is 1.17 bits per heavy atom. The molecule has 7 heteroatoms. The molecule has 0 bridgehead atoms. The molecule has 3 N–H and O–H groups in total. The van der Waals surface area contributed by atoms with Crippen LogP contribution in [0, 0.1) is 0 Å². The van der Waals surface area contributed by atoms with Crippen molar-refractivity contribution in [1.29, 1.82) is 0 Å². The molecule has 2 heterocycles. The molecule has 4 rings (SSSR count). The topological polar surface area (TPSA) is 91.6 Å². The van der Waals surface area contributed by atoms with Crippen molar-refractivity contribution in [1.82, 2.24) is 5.32 Å². The van der Waals surface area contributed by atoms with Gasteiger partial charge in [0.25, 0.3) is 11.8 Å². The first kappa shape index (κ1) is 19.9. The summed E-state index contributed by atoms with van der Waals surface area (Å²) in [6.07, 6.45) is 2.18. The number of amides is 2. The molecule has 1 aromatic heterocycles. The summed E-state index contributed by atoms with van der Waals surface area (Å²) in [4.78, 5) is 24.6. The summed E-state index contributed by atoms with van der Waals surface area (Å²) in [6, 6.07) is 15.9. The number of hydrogen-bond donors (Lipinski definition) is 3. The van der Waals surface area contributed by atoms with E-state index in [9.17, 15) is 9.59 Å². The van der Waals surface area contributed by atoms with Crippen molar-refractivity contribution in [3.63, 3.8) is 0 Å². The molecule has 3 aromatic rings. The molecule has 30 heavy (non-hydrogen) atoms. The average molecular weight is 423 g/mol. The van der Waals surface area contributed by atoms with Gasteiger partial charge in [0, 0.05) is 40.6 Å². The van der Waals surface area contributed by atoms with E-state index in [1.165, 1.54) is 0 Å². The van der Waals surface area contributed by atoms with E-state index >= 15 is 0 Å². The quantitative estimate of drug-likeness (QED) is 0.410. The zero-order valence-electron chi connectivity index (χ0n) is 15.9. The highest BCUT2D eigenvalue weighted by atomic mass is 35.5. The third-order valence-corrected chi connectivity index (χ3v) is 4.94. The van der Waals surface area contributed by atoms with Crippen LogP contribution in [0.2, 0.25) is 5.02 Å². The SMILES string of the molecule is O=C1Nc2ccc(Cl)cc2C1=Cc1ccc(-c2cccc(C(=O)NCCCO)c2)o1. The van der Waals surface area contributed by atoms with Gasteiger partial charge in [0.15, 0.2) is 0 Å². The molecule has 0 saturated carbocycles. The van der Waals surface area contributed by atoms with Crippen molar-refractivity contribution in [2.24, 2.45) is 0 Å². The molecule has 2 aromatic carbocycles. The Hall–Kier alpha value is -3.35. The number of fused-ring (bicyclic) bond motifs is 1. The van der Waals surface area contributed by atoms with Crippen LogP contribution in [-0.2, 0) is 4.79 Å². The normalized spacial score (nSPS) is 13.9. The van der Waals surface area contributed by atoms with Crippen LogP contribution in [0.5, 0.6) is 0 Å². The van der Waals surface area contributed by atoms with Gasteiger partial charge in [0.2, 0.25) is 0 Å². The highest BCUT2D eigenvalue weighted by molar-refractivity contribution is 6.36. The summed E-state index contributed by atoms with van der Waals surface area (Å²) in [6.45, 7) is 0.436. The Kier molecular flexibility index (Phi) is 5.70. The van der Waals surface area contributed by atoms with E-state index in [1.54, 1.807) is 54.6 Å². The predicted molar refractivity (Wildman–Crippen MR) is 116 cm³/mol. The molecule has 0 fully saturated rings. The maximum atomic E-state index is 12.3. The maximum Gasteiger partial charge on any atom is 0.256 e. The van der Waals surface area contributed by atoms with E-state index in [0.29, 0.717) is 46.3 Å². The number of anilines is 1. The number of aliphatic hydroxyl groups excluding tert-OH is 1. The lowest BCUT2D eigenvalue weighted by molar-refractivity contribution is -0.110. The number of nitrogens with one attached hydrogen (secondary N) is 2. The van der Waals surface area contributed by atoms with Crippen LogP contribution >= 0.6 is 11.6 Å². The number of rotatable bonds is 6. The monoisotopic (exact) mass is 422 g/mol. The third-order valence-electron chi connectivity index (χ3n) is 4.71. The van der Waals surface area contributed by atoms with E-state index < -0.39 is 0 Å². The van der Waals surface area contributed by atoms with Crippen LogP contribution in [0.15, 0.2) is 59.0 Å². The number of hydrogen-bond acceptors (Lipinski definition) is 4. The number of halogens is 1. The summed E-state index contributed by atoms with van der Waals surface area (Å²) in [5, 5.41) is 14.9. The van der Waals surface area contributed by atoms with Gasteiger partial charge < -0.3 is 20.2 Å². The molecule has 152 valence electrons. The van der Waals surface area contributed by atoms with E-state index in [1.807, 2.05) is 6.07 Å². The number of carbonyl (C=O) groups is 2. The zero-order chi connectivity index (χ0) is 21.1. The maximum absolute atomic E-state index is 12.3. The summed E-state index contributed by atoms with van der Waals surface area (Å²) in [5.74, 6) is 0.666. The average Bonchev–Trinajstić information content (AvgIpc) is 3.33. The summed E-state index contributed by atoms with van der Waals surface area (Å²) < 4.78 is 5.90. The number of benzene rings is 2. The second-order valence-electron chi connectivity index (χ2n) is 6.82. The predicted octanol–water partition coefficient (Wildman–Crippen LogP) is 4.20. The molecule has 6 nitrogen and oxygen atoms in total. The lowest BCUT2D eigenvalue weighted by Gasteiger charge is -2.05. The fraction of sp³-hybridized carbons (Fsp3) is 0.130. The van der Waals surface area contributed by atoms with Crippen molar-refractivity contribution in [2.75, 3.05) is 18.5 Å². The molecular formula is C23H19ClN2O4. The molecule has 0 saturated heterocycles. The van der Waals surface area contributed by atoms with Crippen molar-refractivity contribution < 1.29 is 19.1 Å². The first-order valence-corrected chi connectivity index (χ1v) is 9.85. The molecule has 2 amide bonds. The van der Waals surface area contributed by atoms with Crippen molar-refractivity contribution >= 4 is 40.8 Å². The van der Waals surface area contributed by atoms with Gasteiger partial charge in [-0.25, -0.2) is 0 Å². The lowest BCUT2D eigenvalue weighted by atomic mass is 10.1. The Balaban J connectivity index is 1.58. The molecule has 0 aliphatic carbocycles. The van der Waals surface area contributed by atoms with Crippen LogP contribution in [0.3, 0.4) is 0 Å². The standard InChI is InChI=1S/C23H19ClN2O4/c24-16-5-7-20-18(12-16)19(23(29)26-20)13-17-6-8-21(30-17)14-3-1-4-15(11-14)22(28)25-9-2-10-27/h1,3-8,11-13,27H,2,9-10H2,(H,25,28)(H,26,29). The second-order valence-corrected chi connectivity index (χ2v) is 7.25. The van der Waals surface area contributed by atoms with Gasteiger partial charge in [-0.1, -0.05) is 23.7 Å². The van der Waals surface area contributed by atoms with E-state index in [0.717, 1.165) is 11.1 Å². The second kappa shape index (κ2) is 8.57. The first-order chi connectivity index (χ1) is 14.5. The molecule has 1 aliphatic rings.